The first-order valence-electron chi connectivity index (χ1n) is 13.5. The Kier molecular flexibility index (Phi) is 9.51. The van der Waals surface area contributed by atoms with Gasteiger partial charge in [-0.1, -0.05) is 38.1 Å². The highest BCUT2D eigenvalue weighted by Gasteiger charge is 2.40. The second-order valence-corrected chi connectivity index (χ2v) is 11.6. The van der Waals surface area contributed by atoms with Gasteiger partial charge in [0.15, 0.2) is 0 Å². The second-order valence-electron chi connectivity index (χ2n) is 10.6. The van der Waals surface area contributed by atoms with Crippen molar-refractivity contribution in [1.82, 2.24) is 30.7 Å². The smallest absolute Gasteiger partial charge is 0.246 e. The number of thiazole rings is 1. The minimum atomic E-state index is -0.711. The number of carbonyl (C=O) groups is 3. The first-order valence-corrected chi connectivity index (χ1v) is 14.4. The molecule has 38 heavy (non-hydrogen) atoms. The predicted octanol–water partition coefficient (Wildman–Crippen LogP) is 2.10. The highest BCUT2D eigenvalue weighted by Crippen LogP contribution is 2.30. The highest BCUT2D eigenvalue weighted by molar-refractivity contribution is 7.09. The molecule has 3 amide bonds. The van der Waals surface area contributed by atoms with E-state index in [1.807, 2.05) is 37.7 Å². The van der Waals surface area contributed by atoms with Crippen LogP contribution in [-0.2, 0) is 27.3 Å². The van der Waals surface area contributed by atoms with E-state index in [4.69, 9.17) is 0 Å². The molecule has 0 saturated carbocycles. The lowest BCUT2D eigenvalue weighted by Gasteiger charge is -2.43. The zero-order chi connectivity index (χ0) is 27.2. The van der Waals surface area contributed by atoms with E-state index in [1.54, 1.807) is 30.2 Å². The molecule has 1 aliphatic heterocycles. The standard InChI is InChI=1S/C28H40N6O3S/c1-18(2)25(32-26(35)19(3)29-4)28(37)34-13-12-33(15-21-14-30-17-38-21)16-24(34)27(36)31-23-11-7-9-20-8-5-6-10-22(20)23/h5-6,8,10,14,17-19,23-25,29H,7,9,11-13,15-16H2,1-4H3,(H,31,36)(H,32,35)/t19-,23?,24-,25-/m0/s1. The van der Waals surface area contributed by atoms with Gasteiger partial charge in [0, 0.05) is 37.3 Å². The fourth-order valence-electron chi connectivity index (χ4n) is 5.29. The van der Waals surface area contributed by atoms with Crippen LogP contribution >= 0.6 is 11.3 Å². The molecule has 4 atom stereocenters. The number of benzene rings is 1. The summed E-state index contributed by atoms with van der Waals surface area (Å²) in [7, 11) is 1.71. The summed E-state index contributed by atoms with van der Waals surface area (Å²) in [4.78, 5) is 49.6. The maximum atomic E-state index is 13.9. The Balaban J connectivity index is 1.55. The van der Waals surface area contributed by atoms with Crippen LogP contribution in [-0.4, -0.2) is 77.3 Å². The Morgan fingerprint density at radius 3 is 2.66 bits per heavy atom. The molecule has 1 aromatic heterocycles. The van der Waals surface area contributed by atoms with E-state index >= 15 is 0 Å². The summed E-state index contributed by atoms with van der Waals surface area (Å²) in [6.07, 6.45) is 4.75. The number of amides is 3. The minimum Gasteiger partial charge on any atom is -0.347 e. The Labute approximate surface area is 229 Å². The quantitative estimate of drug-likeness (QED) is 0.450. The molecule has 9 nitrogen and oxygen atoms in total. The van der Waals surface area contributed by atoms with Gasteiger partial charge in [0.2, 0.25) is 17.7 Å². The van der Waals surface area contributed by atoms with Gasteiger partial charge in [-0.15, -0.1) is 11.3 Å². The topological polar surface area (TPSA) is 107 Å². The fraction of sp³-hybridized carbons (Fsp3) is 0.571. The first-order chi connectivity index (χ1) is 18.3. The third-order valence-corrected chi connectivity index (χ3v) is 8.42. The third-order valence-electron chi connectivity index (χ3n) is 7.66. The van der Waals surface area contributed by atoms with Crippen molar-refractivity contribution in [3.05, 3.63) is 52.0 Å². The number of aryl methyl sites for hydroxylation is 1. The lowest BCUT2D eigenvalue weighted by atomic mass is 9.87. The zero-order valence-corrected chi connectivity index (χ0v) is 23.6. The van der Waals surface area contributed by atoms with Crippen molar-refractivity contribution in [1.29, 1.82) is 0 Å². The monoisotopic (exact) mass is 540 g/mol. The Hall–Kier alpha value is -2.82. The second kappa shape index (κ2) is 12.8. The van der Waals surface area contributed by atoms with E-state index < -0.39 is 18.1 Å². The largest absolute Gasteiger partial charge is 0.347 e. The molecule has 2 aromatic rings. The van der Waals surface area contributed by atoms with E-state index in [2.05, 4.69) is 38.0 Å². The lowest BCUT2D eigenvalue weighted by Crippen LogP contribution is -2.64. The van der Waals surface area contributed by atoms with Crippen molar-refractivity contribution in [2.24, 2.45) is 5.92 Å². The van der Waals surface area contributed by atoms with Crippen molar-refractivity contribution in [3.8, 4) is 0 Å². The summed E-state index contributed by atoms with van der Waals surface area (Å²) in [5, 5.41) is 9.12. The van der Waals surface area contributed by atoms with Crippen LogP contribution < -0.4 is 16.0 Å². The number of rotatable bonds is 9. The minimum absolute atomic E-state index is 0.0710. The van der Waals surface area contributed by atoms with Gasteiger partial charge < -0.3 is 20.9 Å². The van der Waals surface area contributed by atoms with Crippen molar-refractivity contribution in [3.63, 3.8) is 0 Å². The number of nitrogens with one attached hydrogen (secondary N) is 3. The number of fused-ring (bicyclic) bond motifs is 1. The Morgan fingerprint density at radius 2 is 1.95 bits per heavy atom. The van der Waals surface area contributed by atoms with Crippen LogP contribution in [0.15, 0.2) is 36.0 Å². The van der Waals surface area contributed by atoms with E-state index in [0.29, 0.717) is 26.2 Å². The van der Waals surface area contributed by atoms with Crippen LogP contribution in [0.2, 0.25) is 0 Å². The molecule has 10 heteroatoms. The van der Waals surface area contributed by atoms with Crippen LogP contribution in [0, 0.1) is 5.92 Å². The van der Waals surface area contributed by atoms with Gasteiger partial charge in [-0.25, -0.2) is 0 Å². The summed E-state index contributed by atoms with van der Waals surface area (Å²) in [5.74, 6) is -0.715. The number of carbonyl (C=O) groups excluding carboxylic acids is 3. The van der Waals surface area contributed by atoms with Gasteiger partial charge in [-0.2, -0.15) is 0 Å². The maximum Gasteiger partial charge on any atom is 0.246 e. The number of aromatic nitrogens is 1. The third kappa shape index (κ3) is 6.59. The van der Waals surface area contributed by atoms with E-state index in [1.165, 1.54) is 5.56 Å². The van der Waals surface area contributed by atoms with E-state index in [9.17, 15) is 14.4 Å². The van der Waals surface area contributed by atoms with Crippen LogP contribution in [0.3, 0.4) is 0 Å². The summed E-state index contributed by atoms with van der Waals surface area (Å²) in [6, 6.07) is 6.41. The molecule has 1 fully saturated rings. The van der Waals surface area contributed by atoms with Crippen molar-refractivity contribution < 1.29 is 14.4 Å². The molecule has 1 aliphatic carbocycles. The summed E-state index contributed by atoms with van der Waals surface area (Å²) < 4.78 is 0. The summed E-state index contributed by atoms with van der Waals surface area (Å²) >= 11 is 1.59. The molecule has 2 aliphatic rings. The molecule has 1 saturated heterocycles. The number of hydrogen-bond donors (Lipinski definition) is 3. The van der Waals surface area contributed by atoms with Crippen LogP contribution in [0.5, 0.6) is 0 Å². The van der Waals surface area contributed by atoms with Crippen molar-refractivity contribution in [2.45, 2.75) is 70.7 Å². The normalized spacial score (nSPS) is 21.4. The lowest BCUT2D eigenvalue weighted by molar-refractivity contribution is -0.148. The SMILES string of the molecule is CN[C@@H](C)C(=O)N[C@H](C(=O)N1CCN(Cc2cncs2)C[C@H]1C(=O)NC1CCCc2ccccc21)C(C)C. The molecule has 0 radical (unpaired) electrons. The van der Waals surface area contributed by atoms with Gasteiger partial charge in [-0.05, 0) is 50.3 Å². The molecular weight excluding hydrogens is 500 g/mol. The van der Waals surface area contributed by atoms with Crippen LogP contribution in [0.25, 0.3) is 0 Å². The van der Waals surface area contributed by atoms with Gasteiger partial charge in [0.1, 0.15) is 12.1 Å². The van der Waals surface area contributed by atoms with Crippen molar-refractivity contribution >= 4 is 29.1 Å². The van der Waals surface area contributed by atoms with Gasteiger partial charge in [0.05, 0.1) is 17.6 Å². The Morgan fingerprint density at radius 1 is 1.16 bits per heavy atom. The average molecular weight is 541 g/mol. The van der Waals surface area contributed by atoms with Gasteiger partial charge >= 0.3 is 0 Å². The highest BCUT2D eigenvalue weighted by atomic mass is 32.1. The first kappa shape index (κ1) is 28.2. The summed E-state index contributed by atoms with van der Waals surface area (Å²) in [5.41, 5.74) is 4.24. The molecule has 206 valence electrons. The molecule has 2 heterocycles. The van der Waals surface area contributed by atoms with Gasteiger partial charge in [0.25, 0.3) is 0 Å². The van der Waals surface area contributed by atoms with Crippen LogP contribution in [0.1, 0.15) is 55.7 Å². The number of likely N-dealkylation sites (N-methyl/N-ethyl adjacent to an activating group) is 1. The number of piperazine rings is 1. The molecule has 3 N–H and O–H groups in total. The summed E-state index contributed by atoms with van der Waals surface area (Å²) in [6.45, 7) is 7.76. The van der Waals surface area contributed by atoms with Gasteiger partial charge in [-0.3, -0.25) is 24.3 Å². The molecule has 1 unspecified atom stereocenters. The predicted molar refractivity (Wildman–Crippen MR) is 148 cm³/mol. The molecular formula is C28H40N6O3S. The number of hydrogen-bond acceptors (Lipinski definition) is 7. The number of nitrogens with zero attached hydrogens (tertiary/aromatic N) is 3. The molecule has 1 aromatic carbocycles. The molecule has 0 bridgehead atoms. The van der Waals surface area contributed by atoms with E-state index in [-0.39, 0.29) is 29.7 Å². The van der Waals surface area contributed by atoms with Crippen molar-refractivity contribution in [2.75, 3.05) is 26.7 Å². The zero-order valence-electron chi connectivity index (χ0n) is 22.8. The maximum absolute atomic E-state index is 13.9. The molecule has 0 spiro atoms. The average Bonchev–Trinajstić information content (AvgIpc) is 3.43. The Bertz CT molecular complexity index is 1110. The van der Waals surface area contributed by atoms with E-state index in [0.717, 1.165) is 29.7 Å². The van der Waals surface area contributed by atoms with Crippen LogP contribution in [0.4, 0.5) is 0 Å². The fourth-order valence-corrected chi connectivity index (χ4v) is 5.92. The molecule has 4 rings (SSSR count).